The molecule has 11 heavy (non-hydrogen) atoms. The Balaban J connectivity index is 2.86. The molecule has 1 rings (SSSR count). The van der Waals surface area contributed by atoms with Gasteiger partial charge in [-0.2, -0.15) is 0 Å². The number of pyridine rings is 1. The maximum atomic E-state index is 9.18. The van der Waals surface area contributed by atoms with Crippen LogP contribution >= 0.6 is 0 Å². The summed E-state index contributed by atoms with van der Waals surface area (Å²) in [6.45, 7) is 0.454. The van der Waals surface area contributed by atoms with Crippen molar-refractivity contribution < 1.29 is 5.11 Å². The zero-order valence-electron chi connectivity index (χ0n) is 6.07. The molecule has 0 radical (unpaired) electrons. The Labute approximate surface area is 65.2 Å². The van der Waals surface area contributed by atoms with Crippen molar-refractivity contribution in [1.82, 2.24) is 4.98 Å². The van der Waals surface area contributed by atoms with E-state index in [2.05, 4.69) is 4.98 Å². The van der Waals surface area contributed by atoms with Gasteiger partial charge in [-0.05, 0) is 18.2 Å². The van der Waals surface area contributed by atoms with E-state index >= 15 is 0 Å². The lowest BCUT2D eigenvalue weighted by Gasteiger charge is -1.94. The van der Waals surface area contributed by atoms with Gasteiger partial charge in [0.2, 0.25) is 0 Å². The van der Waals surface area contributed by atoms with Gasteiger partial charge in [0.05, 0.1) is 0 Å². The molecule has 0 fully saturated rings. The lowest BCUT2D eigenvalue weighted by Crippen LogP contribution is -1.92. The Hall–Kier alpha value is -1.35. The fourth-order valence-electron chi connectivity index (χ4n) is 0.717. The summed E-state index contributed by atoms with van der Waals surface area (Å²) < 4.78 is 0. The number of nitrogens with two attached hydrogens (primary N) is 1. The van der Waals surface area contributed by atoms with Crippen LogP contribution in [0.2, 0.25) is 0 Å². The Morgan fingerprint density at radius 1 is 1.64 bits per heavy atom. The topological polar surface area (TPSA) is 59.1 Å². The van der Waals surface area contributed by atoms with E-state index in [1.54, 1.807) is 30.5 Å². The lowest BCUT2D eigenvalue weighted by atomic mass is 10.3. The molecule has 0 aliphatic rings. The van der Waals surface area contributed by atoms with Gasteiger partial charge >= 0.3 is 0 Å². The van der Waals surface area contributed by atoms with Gasteiger partial charge in [-0.1, -0.05) is 6.08 Å². The zero-order chi connectivity index (χ0) is 8.10. The monoisotopic (exact) mass is 150 g/mol. The highest BCUT2D eigenvalue weighted by Crippen LogP contribution is 2.13. The minimum absolute atomic E-state index is 0.178. The van der Waals surface area contributed by atoms with E-state index in [-0.39, 0.29) is 5.75 Å². The van der Waals surface area contributed by atoms with Crippen molar-refractivity contribution in [1.29, 1.82) is 0 Å². The quantitative estimate of drug-likeness (QED) is 0.654. The molecule has 0 saturated heterocycles. The normalized spacial score (nSPS) is 10.6. The SMILES string of the molecule is NCC=Cc1ncccc1O. The predicted octanol–water partition coefficient (Wildman–Crippen LogP) is 0.759. The molecular weight excluding hydrogens is 140 g/mol. The molecule has 3 nitrogen and oxygen atoms in total. The van der Waals surface area contributed by atoms with Gasteiger partial charge in [0, 0.05) is 12.7 Å². The molecule has 0 atom stereocenters. The van der Waals surface area contributed by atoms with Gasteiger partial charge in [-0.25, -0.2) is 0 Å². The van der Waals surface area contributed by atoms with Crippen LogP contribution in [0.3, 0.4) is 0 Å². The fraction of sp³-hybridized carbons (Fsp3) is 0.125. The Bertz CT molecular complexity index is 258. The van der Waals surface area contributed by atoms with Crippen LogP contribution in [-0.2, 0) is 0 Å². The van der Waals surface area contributed by atoms with Crippen LogP contribution in [0, 0.1) is 0 Å². The third kappa shape index (κ3) is 2.05. The van der Waals surface area contributed by atoms with Crippen LogP contribution in [0.1, 0.15) is 5.69 Å². The number of aromatic hydroxyl groups is 1. The number of hydrogen-bond acceptors (Lipinski definition) is 3. The van der Waals surface area contributed by atoms with Crippen LogP contribution in [0.15, 0.2) is 24.4 Å². The number of aromatic nitrogens is 1. The van der Waals surface area contributed by atoms with Crippen LogP contribution in [0.5, 0.6) is 5.75 Å². The highest BCUT2D eigenvalue weighted by molar-refractivity contribution is 5.51. The maximum Gasteiger partial charge on any atom is 0.141 e. The second-order valence-electron chi connectivity index (χ2n) is 2.05. The first-order valence-corrected chi connectivity index (χ1v) is 3.35. The van der Waals surface area contributed by atoms with Gasteiger partial charge in [0.15, 0.2) is 0 Å². The first-order valence-electron chi connectivity index (χ1n) is 3.35. The van der Waals surface area contributed by atoms with Crippen molar-refractivity contribution in [2.75, 3.05) is 6.54 Å². The molecule has 58 valence electrons. The minimum Gasteiger partial charge on any atom is -0.506 e. The molecule has 0 spiro atoms. The van der Waals surface area contributed by atoms with Crippen molar-refractivity contribution in [3.8, 4) is 5.75 Å². The van der Waals surface area contributed by atoms with Crippen LogP contribution < -0.4 is 5.73 Å². The average Bonchev–Trinajstić information content (AvgIpc) is 2.03. The van der Waals surface area contributed by atoms with Crippen molar-refractivity contribution in [2.45, 2.75) is 0 Å². The number of hydrogen-bond donors (Lipinski definition) is 2. The first-order chi connectivity index (χ1) is 5.34. The Morgan fingerprint density at radius 3 is 3.09 bits per heavy atom. The third-order valence-electron chi connectivity index (χ3n) is 1.23. The van der Waals surface area contributed by atoms with Crippen molar-refractivity contribution in [3.63, 3.8) is 0 Å². The predicted molar refractivity (Wildman–Crippen MR) is 44.0 cm³/mol. The molecule has 1 aromatic rings. The summed E-state index contributed by atoms with van der Waals surface area (Å²) in [5.74, 6) is 0.178. The van der Waals surface area contributed by atoms with Gasteiger partial charge in [-0.3, -0.25) is 4.98 Å². The first kappa shape index (κ1) is 7.75. The van der Waals surface area contributed by atoms with E-state index in [1.165, 1.54) is 0 Å². The molecule has 0 saturated carbocycles. The van der Waals surface area contributed by atoms with Gasteiger partial charge < -0.3 is 10.8 Å². The lowest BCUT2D eigenvalue weighted by molar-refractivity contribution is 0.471. The highest BCUT2D eigenvalue weighted by atomic mass is 16.3. The third-order valence-corrected chi connectivity index (χ3v) is 1.23. The summed E-state index contributed by atoms with van der Waals surface area (Å²) in [6.07, 6.45) is 5.05. The molecule has 3 N–H and O–H groups in total. The number of nitrogens with zero attached hydrogens (tertiary/aromatic N) is 1. The van der Waals surface area contributed by atoms with Gasteiger partial charge in [0.25, 0.3) is 0 Å². The van der Waals surface area contributed by atoms with E-state index in [0.29, 0.717) is 12.2 Å². The molecule has 0 aliphatic carbocycles. The summed E-state index contributed by atoms with van der Waals surface area (Å²) in [5.41, 5.74) is 5.78. The molecule has 0 aliphatic heterocycles. The minimum atomic E-state index is 0.178. The van der Waals surface area contributed by atoms with Crippen LogP contribution in [0.25, 0.3) is 6.08 Å². The zero-order valence-corrected chi connectivity index (χ0v) is 6.07. The van der Waals surface area contributed by atoms with Gasteiger partial charge in [-0.15, -0.1) is 0 Å². The maximum absolute atomic E-state index is 9.18. The fourth-order valence-corrected chi connectivity index (χ4v) is 0.717. The van der Waals surface area contributed by atoms with E-state index in [1.807, 2.05) is 0 Å². The molecule has 0 amide bonds. The van der Waals surface area contributed by atoms with Gasteiger partial charge in [0.1, 0.15) is 11.4 Å². The standard InChI is InChI=1S/C8H10N2O/c9-5-1-3-7-8(11)4-2-6-10-7/h1-4,6,11H,5,9H2. The van der Waals surface area contributed by atoms with Crippen molar-refractivity contribution in [3.05, 3.63) is 30.1 Å². The van der Waals surface area contributed by atoms with Crippen molar-refractivity contribution >= 4 is 6.08 Å². The van der Waals surface area contributed by atoms with Crippen LogP contribution in [-0.4, -0.2) is 16.6 Å². The highest BCUT2D eigenvalue weighted by Gasteiger charge is 1.93. The summed E-state index contributed by atoms with van der Waals surface area (Å²) >= 11 is 0. The molecule has 1 heterocycles. The summed E-state index contributed by atoms with van der Waals surface area (Å²) in [4.78, 5) is 3.92. The molecular formula is C8H10N2O. The largest absolute Gasteiger partial charge is 0.506 e. The molecule has 1 aromatic heterocycles. The Morgan fingerprint density at radius 2 is 2.45 bits per heavy atom. The average molecular weight is 150 g/mol. The van der Waals surface area contributed by atoms with E-state index < -0.39 is 0 Å². The van der Waals surface area contributed by atoms with Crippen LogP contribution in [0.4, 0.5) is 0 Å². The second-order valence-corrected chi connectivity index (χ2v) is 2.05. The molecule has 0 unspecified atom stereocenters. The van der Waals surface area contributed by atoms with E-state index in [9.17, 15) is 5.11 Å². The van der Waals surface area contributed by atoms with Crippen molar-refractivity contribution in [2.24, 2.45) is 5.73 Å². The molecule has 0 bridgehead atoms. The van der Waals surface area contributed by atoms with E-state index in [4.69, 9.17) is 5.73 Å². The van der Waals surface area contributed by atoms with E-state index in [0.717, 1.165) is 0 Å². The summed E-state index contributed by atoms with van der Waals surface area (Å²) in [6, 6.07) is 3.26. The molecule has 3 heteroatoms. The smallest absolute Gasteiger partial charge is 0.141 e. The molecule has 0 aromatic carbocycles. The summed E-state index contributed by atoms with van der Waals surface area (Å²) in [5, 5.41) is 9.18. The summed E-state index contributed by atoms with van der Waals surface area (Å²) in [7, 11) is 0. The number of rotatable bonds is 2. The second kappa shape index (κ2) is 3.73. The Kier molecular flexibility index (Phi) is 2.63.